The maximum Gasteiger partial charge on any atom is 0.266 e. The van der Waals surface area contributed by atoms with E-state index >= 15 is 4.39 Å². The molecule has 1 saturated heterocycles. The molecule has 0 saturated carbocycles. The molecule has 0 bridgehead atoms. The van der Waals surface area contributed by atoms with Gasteiger partial charge in [-0.2, -0.15) is 4.98 Å². The van der Waals surface area contributed by atoms with Gasteiger partial charge >= 0.3 is 0 Å². The molecule has 2 aromatic heterocycles. The van der Waals surface area contributed by atoms with E-state index < -0.39 is 5.67 Å². The van der Waals surface area contributed by atoms with Gasteiger partial charge in [0.25, 0.3) is 11.8 Å². The second kappa shape index (κ2) is 7.43. The Morgan fingerprint density at radius 3 is 2.82 bits per heavy atom. The zero-order chi connectivity index (χ0) is 19.7. The van der Waals surface area contributed by atoms with E-state index in [1.54, 1.807) is 36.7 Å². The van der Waals surface area contributed by atoms with Gasteiger partial charge in [0.05, 0.1) is 6.54 Å². The van der Waals surface area contributed by atoms with E-state index in [4.69, 9.17) is 4.52 Å². The first-order valence-electron chi connectivity index (χ1n) is 8.95. The number of alkyl halides is 1. The molecule has 28 heavy (non-hydrogen) atoms. The fourth-order valence-corrected chi connectivity index (χ4v) is 3.59. The Morgan fingerprint density at radius 1 is 1.29 bits per heavy atom. The molecule has 1 fully saturated rings. The van der Waals surface area contributed by atoms with Crippen molar-refractivity contribution in [1.82, 2.24) is 20.0 Å². The molecule has 1 amide bonds. The predicted molar refractivity (Wildman–Crippen MR) is 104 cm³/mol. The van der Waals surface area contributed by atoms with Crippen molar-refractivity contribution in [3.63, 3.8) is 0 Å². The third-order valence-electron chi connectivity index (χ3n) is 4.88. The minimum Gasteiger partial charge on any atom is -0.335 e. The van der Waals surface area contributed by atoms with Gasteiger partial charge < -0.3 is 9.42 Å². The fraction of sp³-hybridized carbons (Fsp3) is 0.300. The first kappa shape index (κ1) is 18.7. The largest absolute Gasteiger partial charge is 0.335 e. The third kappa shape index (κ3) is 3.56. The molecular weight excluding hydrogens is 427 g/mol. The number of rotatable bonds is 3. The third-order valence-corrected chi connectivity index (χ3v) is 5.77. The van der Waals surface area contributed by atoms with Crippen LogP contribution < -0.4 is 0 Å². The van der Waals surface area contributed by atoms with Crippen molar-refractivity contribution in [3.05, 3.63) is 64.2 Å². The van der Waals surface area contributed by atoms with E-state index in [9.17, 15) is 4.79 Å². The monoisotopic (exact) mass is 444 g/mol. The van der Waals surface area contributed by atoms with Crippen molar-refractivity contribution in [2.24, 2.45) is 0 Å². The lowest BCUT2D eigenvalue weighted by molar-refractivity contribution is 0.0152. The van der Waals surface area contributed by atoms with Gasteiger partial charge in [0, 0.05) is 34.5 Å². The number of carbonyl (C=O) groups excluding carboxylic acids is 1. The number of hydrogen-bond acceptors (Lipinski definition) is 5. The summed E-state index contributed by atoms with van der Waals surface area (Å²) in [6.07, 6.45) is 3.97. The van der Waals surface area contributed by atoms with Crippen molar-refractivity contribution >= 4 is 21.8 Å². The Morgan fingerprint density at radius 2 is 2.07 bits per heavy atom. The minimum absolute atomic E-state index is 0.0937. The summed E-state index contributed by atoms with van der Waals surface area (Å²) in [5.41, 5.74) is 0.320. The van der Waals surface area contributed by atoms with Gasteiger partial charge in [-0.05, 0) is 55.7 Å². The number of halogens is 2. The molecule has 1 aliphatic heterocycles. The summed E-state index contributed by atoms with van der Waals surface area (Å²) >= 11 is 3.43. The first-order valence-corrected chi connectivity index (χ1v) is 9.74. The normalized spacial score (nSPS) is 19.6. The van der Waals surface area contributed by atoms with E-state index in [1.165, 1.54) is 4.90 Å². The number of likely N-dealkylation sites (tertiary alicyclic amines) is 1. The molecular formula is C20H18BrFN4O2. The highest BCUT2D eigenvalue weighted by atomic mass is 79.9. The Balaban J connectivity index is 1.56. The summed E-state index contributed by atoms with van der Waals surface area (Å²) in [4.78, 5) is 22.6. The standard InChI is InChI=1S/C20H18BrFN4O2/c1-13-11-15(3-4-16(13)21)18(27)26-10-2-7-20(22,12-26)19-24-17(25-28-19)14-5-8-23-9-6-14/h3-6,8-9,11H,2,7,10,12H2,1H3. The molecule has 1 atom stereocenters. The van der Waals surface area contributed by atoms with Crippen molar-refractivity contribution in [2.75, 3.05) is 13.1 Å². The molecule has 8 heteroatoms. The molecule has 0 radical (unpaired) electrons. The van der Waals surface area contributed by atoms with Crippen molar-refractivity contribution in [2.45, 2.75) is 25.4 Å². The van der Waals surface area contributed by atoms with Crippen LogP contribution in [0, 0.1) is 6.92 Å². The molecule has 4 rings (SSSR count). The topological polar surface area (TPSA) is 72.1 Å². The maximum absolute atomic E-state index is 15.7. The first-order chi connectivity index (χ1) is 13.5. The number of aryl methyl sites for hydroxylation is 1. The van der Waals surface area contributed by atoms with Crippen LogP contribution in [0.25, 0.3) is 11.4 Å². The lowest BCUT2D eigenvalue weighted by atomic mass is 9.94. The van der Waals surface area contributed by atoms with Crippen LogP contribution in [0.3, 0.4) is 0 Å². The zero-order valence-corrected chi connectivity index (χ0v) is 16.8. The lowest BCUT2D eigenvalue weighted by Crippen LogP contribution is -2.46. The summed E-state index contributed by atoms with van der Waals surface area (Å²) < 4.78 is 21.9. The Labute approximate surface area is 169 Å². The second-order valence-electron chi connectivity index (χ2n) is 6.92. The minimum atomic E-state index is -1.86. The molecule has 3 aromatic rings. The average Bonchev–Trinajstić information content (AvgIpc) is 3.21. The number of piperidine rings is 1. The molecule has 3 heterocycles. The van der Waals surface area contributed by atoms with Crippen molar-refractivity contribution in [3.8, 4) is 11.4 Å². The van der Waals surface area contributed by atoms with Crippen LogP contribution in [0.1, 0.15) is 34.7 Å². The number of amides is 1. The Bertz CT molecular complexity index is 1010. The van der Waals surface area contributed by atoms with Crippen LogP contribution in [-0.2, 0) is 5.67 Å². The maximum atomic E-state index is 15.7. The summed E-state index contributed by atoms with van der Waals surface area (Å²) in [5.74, 6) is 0.0106. The van der Waals surface area contributed by atoms with Gasteiger partial charge in [-0.3, -0.25) is 9.78 Å². The quantitative estimate of drug-likeness (QED) is 0.601. The molecule has 6 nitrogen and oxygen atoms in total. The SMILES string of the molecule is Cc1cc(C(=O)N2CCCC(F)(c3nc(-c4ccncc4)no3)C2)ccc1Br. The fourth-order valence-electron chi connectivity index (χ4n) is 3.34. The highest BCUT2D eigenvalue weighted by Crippen LogP contribution is 2.36. The van der Waals surface area contributed by atoms with E-state index in [0.717, 1.165) is 10.0 Å². The van der Waals surface area contributed by atoms with Crippen molar-refractivity contribution in [1.29, 1.82) is 0 Å². The second-order valence-corrected chi connectivity index (χ2v) is 7.77. The molecule has 1 unspecified atom stereocenters. The number of pyridine rings is 1. The highest BCUT2D eigenvalue weighted by molar-refractivity contribution is 9.10. The lowest BCUT2D eigenvalue weighted by Gasteiger charge is -2.35. The van der Waals surface area contributed by atoms with Gasteiger partial charge in [-0.25, -0.2) is 4.39 Å². The average molecular weight is 445 g/mol. The van der Waals surface area contributed by atoms with E-state index in [2.05, 4.69) is 31.1 Å². The molecule has 0 aliphatic carbocycles. The van der Waals surface area contributed by atoms with Crippen LogP contribution in [0.5, 0.6) is 0 Å². The number of aromatic nitrogens is 3. The van der Waals surface area contributed by atoms with Crippen LogP contribution in [0.4, 0.5) is 4.39 Å². The van der Waals surface area contributed by atoms with Gasteiger partial charge in [0.2, 0.25) is 11.5 Å². The molecule has 1 aliphatic rings. The number of carbonyl (C=O) groups is 1. The van der Waals surface area contributed by atoms with E-state index in [0.29, 0.717) is 29.9 Å². The van der Waals surface area contributed by atoms with Crippen molar-refractivity contribution < 1.29 is 13.7 Å². The van der Waals surface area contributed by atoms with Crippen LogP contribution in [0.15, 0.2) is 51.7 Å². The Kier molecular flexibility index (Phi) is 4.97. The van der Waals surface area contributed by atoms with Gasteiger partial charge in [0.15, 0.2) is 0 Å². The zero-order valence-electron chi connectivity index (χ0n) is 15.2. The predicted octanol–water partition coefficient (Wildman–Crippen LogP) is 4.30. The number of hydrogen-bond donors (Lipinski definition) is 0. The van der Waals surface area contributed by atoms with Crippen LogP contribution in [-0.4, -0.2) is 39.0 Å². The molecule has 0 N–H and O–H groups in total. The van der Waals surface area contributed by atoms with Gasteiger partial charge in [0.1, 0.15) is 0 Å². The summed E-state index contributed by atoms with van der Waals surface area (Å²) in [6, 6.07) is 8.82. The smallest absolute Gasteiger partial charge is 0.266 e. The molecule has 1 aromatic carbocycles. The number of nitrogens with zero attached hydrogens (tertiary/aromatic N) is 4. The molecule has 0 spiro atoms. The van der Waals surface area contributed by atoms with Gasteiger partial charge in [-0.1, -0.05) is 21.1 Å². The van der Waals surface area contributed by atoms with Crippen LogP contribution in [0.2, 0.25) is 0 Å². The Hall–Kier alpha value is -2.61. The van der Waals surface area contributed by atoms with Crippen LogP contribution >= 0.6 is 15.9 Å². The van der Waals surface area contributed by atoms with Gasteiger partial charge in [-0.15, -0.1) is 0 Å². The van der Waals surface area contributed by atoms with E-state index in [1.807, 2.05) is 13.0 Å². The summed E-state index contributed by atoms with van der Waals surface area (Å²) in [7, 11) is 0. The van der Waals surface area contributed by atoms with E-state index in [-0.39, 0.29) is 24.8 Å². The summed E-state index contributed by atoms with van der Waals surface area (Å²) in [5, 5.41) is 3.89. The summed E-state index contributed by atoms with van der Waals surface area (Å²) in [6.45, 7) is 2.29. The number of benzene rings is 1. The highest BCUT2D eigenvalue weighted by Gasteiger charge is 2.44. The molecule has 144 valence electrons.